The molecule has 4 heteroatoms. The fraction of sp³-hybridized carbons (Fsp3) is 0. The van der Waals surface area contributed by atoms with E-state index in [1.54, 1.807) is 0 Å². The number of para-hydroxylation sites is 2. The normalized spacial score (nSPS) is 11.8. The number of furan rings is 1. The average molecular weight is 700 g/mol. The van der Waals surface area contributed by atoms with Crippen LogP contribution in [0.15, 0.2) is 180 Å². The molecule has 0 aliphatic carbocycles. The van der Waals surface area contributed by atoms with Gasteiger partial charge in [-0.05, 0) is 89.0 Å². The van der Waals surface area contributed by atoms with Crippen molar-refractivity contribution in [2.45, 2.75) is 0 Å². The molecule has 52 heavy (non-hydrogen) atoms. The molecule has 0 saturated carbocycles. The minimum absolute atomic E-state index is 0.876. The molecule has 0 fully saturated rings. The van der Waals surface area contributed by atoms with Gasteiger partial charge in [-0.25, -0.2) is 0 Å². The number of thiophene rings is 2. The van der Waals surface area contributed by atoms with Crippen molar-refractivity contribution >= 4 is 102 Å². The van der Waals surface area contributed by atoms with Gasteiger partial charge in [0.05, 0.1) is 5.69 Å². The SMILES string of the molecule is c1ccc2c(c1)oc1c(N(c3ccc(-c4ccc5sc6ccccc6c5c4)cc3)c3ccc(-c4cccc5sc6ccccc6c45)cc3)cccc12. The van der Waals surface area contributed by atoms with Gasteiger partial charge in [-0.1, -0.05) is 109 Å². The molecule has 0 spiro atoms. The third-order valence-corrected chi connectivity index (χ3v) is 12.6. The molecule has 0 bridgehead atoms. The zero-order chi connectivity index (χ0) is 34.2. The highest BCUT2D eigenvalue weighted by Crippen LogP contribution is 2.45. The van der Waals surface area contributed by atoms with Gasteiger partial charge in [-0.15, -0.1) is 22.7 Å². The molecule has 3 aromatic heterocycles. The fourth-order valence-electron chi connectivity index (χ4n) is 7.85. The summed E-state index contributed by atoms with van der Waals surface area (Å²) < 4.78 is 11.9. The summed E-state index contributed by atoms with van der Waals surface area (Å²) >= 11 is 3.71. The molecule has 8 aromatic carbocycles. The molecular weight excluding hydrogens is 671 g/mol. The molecule has 244 valence electrons. The van der Waals surface area contributed by atoms with Crippen LogP contribution in [0.2, 0.25) is 0 Å². The number of anilines is 3. The van der Waals surface area contributed by atoms with Crippen LogP contribution in [0.25, 0.3) is 84.5 Å². The second-order valence-corrected chi connectivity index (χ2v) is 15.4. The third kappa shape index (κ3) is 4.62. The zero-order valence-corrected chi connectivity index (χ0v) is 29.5. The summed E-state index contributed by atoms with van der Waals surface area (Å²) in [5.74, 6) is 0. The predicted molar refractivity (Wildman–Crippen MR) is 225 cm³/mol. The van der Waals surface area contributed by atoms with E-state index >= 15 is 0 Å². The van der Waals surface area contributed by atoms with Gasteiger partial charge in [-0.2, -0.15) is 0 Å². The maximum atomic E-state index is 6.60. The number of benzene rings is 8. The van der Waals surface area contributed by atoms with Gasteiger partial charge in [0.15, 0.2) is 5.58 Å². The van der Waals surface area contributed by atoms with Gasteiger partial charge in [0.1, 0.15) is 5.58 Å². The molecule has 3 heterocycles. The maximum Gasteiger partial charge on any atom is 0.159 e. The minimum Gasteiger partial charge on any atom is -0.454 e. The lowest BCUT2D eigenvalue weighted by molar-refractivity contribution is 0.669. The Kier molecular flexibility index (Phi) is 6.63. The molecule has 2 nitrogen and oxygen atoms in total. The van der Waals surface area contributed by atoms with Crippen LogP contribution in [-0.4, -0.2) is 0 Å². The second-order valence-electron chi connectivity index (χ2n) is 13.3. The van der Waals surface area contributed by atoms with E-state index in [-0.39, 0.29) is 0 Å². The summed E-state index contributed by atoms with van der Waals surface area (Å²) in [6, 6.07) is 63.6. The van der Waals surface area contributed by atoms with Crippen LogP contribution < -0.4 is 4.90 Å². The minimum atomic E-state index is 0.876. The molecule has 0 N–H and O–H groups in total. The molecule has 11 rings (SSSR count). The molecule has 0 radical (unpaired) electrons. The molecule has 0 atom stereocenters. The Morgan fingerprint density at radius 1 is 0.385 bits per heavy atom. The largest absolute Gasteiger partial charge is 0.454 e. The Bertz CT molecular complexity index is 3130. The molecular formula is C48H29NOS2. The van der Waals surface area contributed by atoms with Crippen molar-refractivity contribution in [1.29, 1.82) is 0 Å². The zero-order valence-electron chi connectivity index (χ0n) is 27.9. The Balaban J connectivity index is 1.05. The van der Waals surface area contributed by atoms with Crippen LogP contribution in [-0.2, 0) is 0 Å². The second kappa shape index (κ2) is 11.7. The van der Waals surface area contributed by atoms with Crippen molar-refractivity contribution in [2.24, 2.45) is 0 Å². The van der Waals surface area contributed by atoms with Crippen LogP contribution in [0.4, 0.5) is 17.1 Å². The number of nitrogens with zero attached hydrogens (tertiary/aromatic N) is 1. The lowest BCUT2D eigenvalue weighted by Crippen LogP contribution is -2.10. The predicted octanol–water partition coefficient (Wildman–Crippen LogP) is 15.1. The first kappa shape index (κ1) is 29.5. The Hall–Kier alpha value is -6.20. The van der Waals surface area contributed by atoms with Crippen LogP contribution in [0, 0.1) is 0 Å². The van der Waals surface area contributed by atoms with Crippen molar-refractivity contribution in [1.82, 2.24) is 0 Å². The Morgan fingerprint density at radius 3 is 1.77 bits per heavy atom. The highest BCUT2D eigenvalue weighted by atomic mass is 32.1. The van der Waals surface area contributed by atoms with E-state index in [9.17, 15) is 0 Å². The lowest BCUT2D eigenvalue weighted by Gasteiger charge is -2.26. The number of rotatable bonds is 5. The van der Waals surface area contributed by atoms with E-state index in [1.165, 1.54) is 62.6 Å². The van der Waals surface area contributed by atoms with Crippen LogP contribution in [0.3, 0.4) is 0 Å². The number of hydrogen-bond acceptors (Lipinski definition) is 4. The quantitative estimate of drug-likeness (QED) is 0.178. The molecule has 0 saturated heterocycles. The first-order chi connectivity index (χ1) is 25.8. The first-order valence-corrected chi connectivity index (χ1v) is 19.1. The third-order valence-electron chi connectivity index (χ3n) is 10.3. The van der Waals surface area contributed by atoms with Crippen molar-refractivity contribution in [3.63, 3.8) is 0 Å². The lowest BCUT2D eigenvalue weighted by atomic mass is 9.99. The van der Waals surface area contributed by atoms with E-state index < -0.39 is 0 Å². The summed E-state index contributed by atoms with van der Waals surface area (Å²) in [6.07, 6.45) is 0. The molecule has 0 aliphatic rings. The van der Waals surface area contributed by atoms with Crippen LogP contribution >= 0.6 is 22.7 Å². The molecule has 0 aliphatic heterocycles. The van der Waals surface area contributed by atoms with Gasteiger partial charge in [0.25, 0.3) is 0 Å². The van der Waals surface area contributed by atoms with Crippen molar-refractivity contribution < 1.29 is 4.42 Å². The highest BCUT2D eigenvalue weighted by Gasteiger charge is 2.20. The summed E-state index contributed by atoms with van der Waals surface area (Å²) in [7, 11) is 0. The Morgan fingerprint density at radius 2 is 0.962 bits per heavy atom. The summed E-state index contributed by atoms with van der Waals surface area (Å²) in [4.78, 5) is 2.33. The average Bonchev–Trinajstić information content (AvgIpc) is 3.90. The van der Waals surface area contributed by atoms with Gasteiger partial charge < -0.3 is 9.32 Å². The van der Waals surface area contributed by atoms with E-state index in [4.69, 9.17) is 4.42 Å². The van der Waals surface area contributed by atoms with Gasteiger partial charge >= 0.3 is 0 Å². The van der Waals surface area contributed by atoms with Crippen LogP contribution in [0.1, 0.15) is 0 Å². The summed E-state index contributed by atoms with van der Waals surface area (Å²) in [5.41, 5.74) is 9.77. The summed E-state index contributed by atoms with van der Waals surface area (Å²) in [6.45, 7) is 0. The molecule has 11 aromatic rings. The van der Waals surface area contributed by atoms with E-state index in [2.05, 4.69) is 175 Å². The van der Waals surface area contributed by atoms with E-state index in [0.29, 0.717) is 0 Å². The van der Waals surface area contributed by atoms with E-state index in [0.717, 1.165) is 39.0 Å². The van der Waals surface area contributed by atoms with Gasteiger partial charge in [-0.3, -0.25) is 0 Å². The van der Waals surface area contributed by atoms with Gasteiger partial charge in [0, 0.05) is 62.5 Å². The molecule has 0 unspecified atom stereocenters. The smallest absolute Gasteiger partial charge is 0.159 e. The monoisotopic (exact) mass is 699 g/mol. The van der Waals surface area contributed by atoms with Crippen LogP contribution in [0.5, 0.6) is 0 Å². The number of hydrogen-bond donors (Lipinski definition) is 0. The fourth-order valence-corrected chi connectivity index (χ4v) is 10.1. The Labute approximate surface area is 308 Å². The van der Waals surface area contributed by atoms with Crippen molar-refractivity contribution in [3.05, 3.63) is 176 Å². The van der Waals surface area contributed by atoms with Crippen molar-refractivity contribution in [3.8, 4) is 22.3 Å². The molecule has 0 amide bonds. The highest BCUT2D eigenvalue weighted by molar-refractivity contribution is 7.26. The summed E-state index contributed by atoms with van der Waals surface area (Å²) in [5, 5.41) is 7.50. The van der Waals surface area contributed by atoms with Crippen molar-refractivity contribution in [2.75, 3.05) is 4.90 Å². The van der Waals surface area contributed by atoms with Gasteiger partial charge in [0.2, 0.25) is 0 Å². The first-order valence-electron chi connectivity index (χ1n) is 17.5. The van der Waals surface area contributed by atoms with E-state index in [1.807, 2.05) is 28.7 Å². The standard InChI is InChI=1S/C48H29NOS2/c1-4-15-42-36(9-1)38-13-7-14-41(48(38)50-42)49(33-24-19-30(20-25-33)32-23-28-45-40(29-32)37-10-2-5-16-43(37)51-45)34-26-21-31(22-27-34)35-12-8-18-46-47(35)39-11-3-6-17-44(39)52-46/h1-29H. The number of fused-ring (bicyclic) bond motifs is 9. The topological polar surface area (TPSA) is 16.4 Å². The maximum absolute atomic E-state index is 6.60.